The van der Waals surface area contributed by atoms with Gasteiger partial charge in [0.2, 0.25) is 0 Å². The lowest BCUT2D eigenvalue weighted by Gasteiger charge is -2.19. The van der Waals surface area contributed by atoms with E-state index in [1.807, 2.05) is 0 Å². The first kappa shape index (κ1) is 14.7. The van der Waals surface area contributed by atoms with Crippen molar-refractivity contribution in [2.24, 2.45) is 0 Å². The zero-order valence-corrected chi connectivity index (χ0v) is 8.73. The number of aliphatic hydroxyl groups is 4. The first-order valence-corrected chi connectivity index (χ1v) is 5.85. The molecule has 0 spiro atoms. The normalized spacial score (nSPS) is 19.1. The Morgan fingerprint density at radius 2 is 1.73 bits per heavy atom. The van der Waals surface area contributed by atoms with Crippen molar-refractivity contribution in [3.05, 3.63) is 11.9 Å². The zero-order chi connectivity index (χ0) is 12.1. The summed E-state index contributed by atoms with van der Waals surface area (Å²) >= 11 is 0. The number of aliphatic hydroxyl groups excluding tert-OH is 4. The molecule has 0 amide bonds. The molecule has 0 aromatic heterocycles. The summed E-state index contributed by atoms with van der Waals surface area (Å²) in [6, 6.07) is 0. The Morgan fingerprint density at radius 3 is 2.13 bits per heavy atom. The molecule has 90 valence electrons. The van der Waals surface area contributed by atoms with Crippen molar-refractivity contribution < 1.29 is 34.8 Å². The first-order chi connectivity index (χ1) is 6.78. The molecule has 0 aromatic rings. The fourth-order valence-corrected chi connectivity index (χ4v) is 1.25. The molecule has 0 rings (SSSR count). The smallest absolute Gasteiger partial charge is 0.348 e. The topological polar surface area (TPSA) is 138 Å². The summed E-state index contributed by atoms with van der Waals surface area (Å²) in [5.74, 6) is 0.437. The summed E-state index contributed by atoms with van der Waals surface area (Å²) < 4.78 is 10.4. The third kappa shape index (κ3) is 6.75. The van der Waals surface area contributed by atoms with Crippen LogP contribution in [0.15, 0.2) is 11.9 Å². The minimum Gasteiger partial charge on any atom is -0.396 e. The van der Waals surface area contributed by atoms with Crippen LogP contribution < -0.4 is 0 Å². The van der Waals surface area contributed by atoms with Gasteiger partial charge < -0.3 is 30.2 Å². The molecule has 0 fully saturated rings. The minimum absolute atomic E-state index is 0.137. The maximum atomic E-state index is 10.4. The van der Waals surface area contributed by atoms with Crippen molar-refractivity contribution in [2.45, 2.75) is 24.7 Å². The summed E-state index contributed by atoms with van der Waals surface area (Å²) in [4.78, 5) is 16.8. The Bertz CT molecular complexity index is 248. The molecule has 0 unspecified atom stereocenters. The van der Waals surface area contributed by atoms with Crippen LogP contribution in [0.1, 0.15) is 6.42 Å². The average Bonchev–Trinajstić information content (AvgIpc) is 2.12. The van der Waals surface area contributed by atoms with Crippen molar-refractivity contribution in [2.75, 3.05) is 6.61 Å². The van der Waals surface area contributed by atoms with Crippen molar-refractivity contribution in [1.82, 2.24) is 0 Å². The number of hydrogen-bond acceptors (Lipinski definition) is 5. The van der Waals surface area contributed by atoms with E-state index < -0.39 is 25.9 Å². The van der Waals surface area contributed by atoms with Gasteiger partial charge in [-0.25, -0.2) is 0 Å². The van der Waals surface area contributed by atoms with E-state index >= 15 is 0 Å². The van der Waals surface area contributed by atoms with E-state index in [0.717, 1.165) is 0 Å². The van der Waals surface area contributed by atoms with Crippen LogP contribution in [0.5, 0.6) is 0 Å². The Morgan fingerprint density at radius 1 is 1.20 bits per heavy atom. The van der Waals surface area contributed by atoms with Gasteiger partial charge in [-0.05, 0) is 12.5 Å². The van der Waals surface area contributed by atoms with Crippen LogP contribution in [0.2, 0.25) is 0 Å². The first-order valence-electron chi connectivity index (χ1n) is 4.17. The van der Waals surface area contributed by atoms with Gasteiger partial charge in [0, 0.05) is 12.4 Å². The fraction of sp³-hybridized carbons (Fsp3) is 0.714. The maximum Gasteiger partial charge on any atom is 0.348 e. The van der Waals surface area contributed by atoms with E-state index in [0.29, 0.717) is 11.9 Å². The number of hydrogen-bond donors (Lipinski definition) is 6. The van der Waals surface area contributed by atoms with E-state index in [4.69, 9.17) is 25.1 Å². The zero-order valence-electron chi connectivity index (χ0n) is 7.84. The largest absolute Gasteiger partial charge is 0.396 e. The molecule has 0 aliphatic heterocycles. The highest BCUT2D eigenvalue weighted by molar-refractivity contribution is 7.55. The highest BCUT2D eigenvalue weighted by Gasteiger charge is 2.22. The molecule has 15 heavy (non-hydrogen) atoms. The van der Waals surface area contributed by atoms with Crippen LogP contribution >= 0.6 is 7.60 Å². The number of rotatable bonds is 6. The predicted molar refractivity (Wildman–Crippen MR) is 50.9 cm³/mol. The summed E-state index contributed by atoms with van der Waals surface area (Å²) in [6.07, 6.45) is -3.99. The van der Waals surface area contributed by atoms with E-state index in [1.54, 1.807) is 0 Å². The molecule has 0 radical (unpaired) electrons. The summed E-state index contributed by atoms with van der Waals surface area (Å²) in [5, 5.41) is 35.9. The second-order valence-electron chi connectivity index (χ2n) is 2.99. The molecule has 8 heteroatoms. The van der Waals surface area contributed by atoms with Crippen molar-refractivity contribution in [3.8, 4) is 0 Å². The van der Waals surface area contributed by atoms with Crippen molar-refractivity contribution in [1.29, 1.82) is 0 Å². The van der Waals surface area contributed by atoms with Gasteiger partial charge in [-0.15, -0.1) is 0 Å². The van der Waals surface area contributed by atoms with Crippen LogP contribution in [-0.2, 0) is 4.57 Å². The second kappa shape index (κ2) is 6.34. The van der Waals surface area contributed by atoms with E-state index in [-0.39, 0.29) is 13.0 Å². The van der Waals surface area contributed by atoms with Crippen molar-refractivity contribution >= 4 is 7.60 Å². The molecular formula is C7H15O7P. The standard InChI is InChI=1S/C7H15O7P/c8-3-1-5(9)7(11)6(10)2-4-15(12,13)14/h2,4-11H,1,3H2,(H2,12,13,14)/b4-2+/t5-,6-,7+/m1/s1. The highest BCUT2D eigenvalue weighted by Crippen LogP contribution is 2.36. The Labute approximate surface area is 86.5 Å². The molecule has 0 bridgehead atoms. The molecule has 3 atom stereocenters. The van der Waals surface area contributed by atoms with E-state index in [2.05, 4.69) is 0 Å². The Hall–Kier alpha value is -0.270. The van der Waals surface area contributed by atoms with Gasteiger partial charge in [0.15, 0.2) is 0 Å². The third-order valence-electron chi connectivity index (χ3n) is 1.65. The van der Waals surface area contributed by atoms with Crippen LogP contribution in [0.4, 0.5) is 0 Å². The lowest BCUT2D eigenvalue weighted by Crippen LogP contribution is -2.36. The Kier molecular flexibility index (Phi) is 6.23. The molecule has 0 heterocycles. The fourth-order valence-electron chi connectivity index (χ4n) is 0.845. The third-order valence-corrected chi connectivity index (χ3v) is 2.21. The monoisotopic (exact) mass is 242 g/mol. The molecule has 0 aromatic carbocycles. The van der Waals surface area contributed by atoms with Gasteiger partial charge >= 0.3 is 7.60 Å². The van der Waals surface area contributed by atoms with Crippen LogP contribution in [0.25, 0.3) is 0 Å². The summed E-state index contributed by atoms with van der Waals surface area (Å²) in [7, 11) is -4.39. The van der Waals surface area contributed by atoms with Gasteiger partial charge in [0.05, 0.1) is 6.10 Å². The summed E-state index contributed by atoms with van der Waals surface area (Å²) in [6.45, 7) is -0.368. The lowest BCUT2D eigenvalue weighted by molar-refractivity contribution is -0.0488. The van der Waals surface area contributed by atoms with Crippen LogP contribution in [0, 0.1) is 0 Å². The molecule has 0 aliphatic carbocycles. The summed E-state index contributed by atoms with van der Waals surface area (Å²) in [5.41, 5.74) is 0. The van der Waals surface area contributed by atoms with Crippen LogP contribution in [-0.4, -0.2) is 55.1 Å². The Balaban J connectivity index is 4.26. The van der Waals surface area contributed by atoms with Gasteiger partial charge in [0.25, 0.3) is 0 Å². The minimum atomic E-state index is -4.39. The highest BCUT2D eigenvalue weighted by atomic mass is 31.2. The van der Waals surface area contributed by atoms with Gasteiger partial charge in [0.1, 0.15) is 12.2 Å². The lowest BCUT2D eigenvalue weighted by atomic mass is 10.1. The second-order valence-corrected chi connectivity index (χ2v) is 4.47. The van der Waals surface area contributed by atoms with Crippen molar-refractivity contribution in [3.63, 3.8) is 0 Å². The van der Waals surface area contributed by atoms with E-state index in [1.165, 1.54) is 0 Å². The molecule has 6 N–H and O–H groups in total. The van der Waals surface area contributed by atoms with E-state index in [9.17, 15) is 9.67 Å². The van der Waals surface area contributed by atoms with Gasteiger partial charge in [-0.3, -0.25) is 4.57 Å². The molecule has 0 saturated heterocycles. The maximum absolute atomic E-state index is 10.4. The molecule has 0 saturated carbocycles. The molecule has 0 aliphatic rings. The van der Waals surface area contributed by atoms with Gasteiger partial charge in [-0.2, -0.15) is 0 Å². The average molecular weight is 242 g/mol. The quantitative estimate of drug-likeness (QED) is 0.300. The predicted octanol–water partition coefficient (Wildman–Crippen LogP) is -1.86. The SMILES string of the molecule is O=P(O)(O)/C=C/[C@@H](O)[C@@H](O)[C@H](O)CCO. The molecular weight excluding hydrogens is 227 g/mol. The molecule has 7 nitrogen and oxygen atoms in total. The van der Waals surface area contributed by atoms with Crippen LogP contribution in [0.3, 0.4) is 0 Å². The van der Waals surface area contributed by atoms with Gasteiger partial charge in [-0.1, -0.05) is 0 Å².